The number of hydrogen-bond donors (Lipinski definition) is 1. The van der Waals surface area contributed by atoms with Gasteiger partial charge in [0.25, 0.3) is 0 Å². The SMILES string of the molecule is Cc1cc(=O)c(CS)nn1-c1cccc(C(F)(F)F)c1. The molecular formula is C13H11F3N2OS. The number of rotatable bonds is 2. The molecule has 0 saturated carbocycles. The van der Waals surface area contributed by atoms with E-state index < -0.39 is 11.7 Å². The van der Waals surface area contributed by atoms with Gasteiger partial charge in [0.1, 0.15) is 5.69 Å². The highest BCUT2D eigenvalue weighted by Crippen LogP contribution is 2.30. The van der Waals surface area contributed by atoms with Crippen LogP contribution in [-0.2, 0) is 11.9 Å². The number of hydrogen-bond acceptors (Lipinski definition) is 3. The molecule has 0 aliphatic rings. The molecule has 0 unspecified atom stereocenters. The second-order valence-electron chi connectivity index (χ2n) is 4.21. The first-order chi connectivity index (χ1) is 9.32. The lowest BCUT2D eigenvalue weighted by Crippen LogP contribution is -2.18. The predicted octanol–water partition coefficient (Wildman–Crippen LogP) is 2.99. The summed E-state index contributed by atoms with van der Waals surface area (Å²) in [5, 5.41) is 4.04. The Bertz CT molecular complexity index is 695. The fraction of sp³-hybridized carbons (Fsp3) is 0.231. The van der Waals surface area contributed by atoms with Crippen molar-refractivity contribution in [1.82, 2.24) is 9.78 Å². The molecule has 0 aliphatic carbocycles. The lowest BCUT2D eigenvalue weighted by molar-refractivity contribution is -0.137. The fourth-order valence-electron chi connectivity index (χ4n) is 1.77. The van der Waals surface area contributed by atoms with Crippen LogP contribution in [0.2, 0.25) is 0 Å². The van der Waals surface area contributed by atoms with E-state index >= 15 is 0 Å². The Morgan fingerprint density at radius 2 is 2.00 bits per heavy atom. The van der Waals surface area contributed by atoms with Crippen LogP contribution in [0.5, 0.6) is 0 Å². The molecule has 0 amide bonds. The molecule has 1 heterocycles. The Morgan fingerprint density at radius 1 is 1.30 bits per heavy atom. The van der Waals surface area contributed by atoms with E-state index in [2.05, 4.69) is 17.7 Å². The van der Waals surface area contributed by atoms with Gasteiger partial charge in [-0.15, -0.1) is 0 Å². The van der Waals surface area contributed by atoms with Crippen molar-refractivity contribution in [3.8, 4) is 5.69 Å². The fourth-order valence-corrected chi connectivity index (χ4v) is 1.99. The normalized spacial score (nSPS) is 11.7. The molecule has 0 radical (unpaired) electrons. The quantitative estimate of drug-likeness (QED) is 0.865. The summed E-state index contributed by atoms with van der Waals surface area (Å²) in [6.07, 6.45) is -4.42. The van der Waals surface area contributed by atoms with E-state index in [1.165, 1.54) is 22.9 Å². The third-order valence-corrected chi connectivity index (χ3v) is 3.05. The van der Waals surface area contributed by atoms with Gasteiger partial charge in [-0.2, -0.15) is 30.9 Å². The topological polar surface area (TPSA) is 34.9 Å². The highest BCUT2D eigenvalue weighted by molar-refractivity contribution is 7.79. The number of thiol groups is 1. The van der Waals surface area contributed by atoms with Gasteiger partial charge in [0.15, 0.2) is 0 Å². The molecular weight excluding hydrogens is 289 g/mol. The summed E-state index contributed by atoms with van der Waals surface area (Å²) in [6.45, 7) is 1.61. The predicted molar refractivity (Wildman–Crippen MR) is 72.3 cm³/mol. The average Bonchev–Trinajstić information content (AvgIpc) is 2.38. The van der Waals surface area contributed by atoms with Gasteiger partial charge in [-0.25, -0.2) is 4.68 Å². The van der Waals surface area contributed by atoms with E-state index in [-0.39, 0.29) is 22.6 Å². The highest BCUT2D eigenvalue weighted by atomic mass is 32.1. The van der Waals surface area contributed by atoms with Gasteiger partial charge >= 0.3 is 6.18 Å². The zero-order chi connectivity index (χ0) is 14.9. The molecule has 0 bridgehead atoms. The Labute approximate surface area is 118 Å². The molecule has 0 aliphatic heterocycles. The summed E-state index contributed by atoms with van der Waals surface area (Å²) >= 11 is 3.98. The van der Waals surface area contributed by atoms with E-state index in [1.807, 2.05) is 0 Å². The standard InChI is InChI=1S/C13H11F3N2OS/c1-8-5-12(19)11(7-20)17-18(8)10-4-2-3-9(6-10)13(14,15)16/h2-6,20H,7H2,1H3. The van der Waals surface area contributed by atoms with E-state index in [0.29, 0.717) is 5.69 Å². The molecule has 2 rings (SSSR count). The summed E-state index contributed by atoms with van der Waals surface area (Å²) in [7, 11) is 0. The van der Waals surface area contributed by atoms with Crippen LogP contribution in [0.15, 0.2) is 35.1 Å². The van der Waals surface area contributed by atoms with Crippen LogP contribution < -0.4 is 5.43 Å². The van der Waals surface area contributed by atoms with Crippen molar-refractivity contribution >= 4 is 12.6 Å². The van der Waals surface area contributed by atoms with Crippen LogP contribution >= 0.6 is 12.6 Å². The van der Waals surface area contributed by atoms with Crippen molar-refractivity contribution in [2.75, 3.05) is 0 Å². The van der Waals surface area contributed by atoms with Crippen molar-refractivity contribution in [3.05, 3.63) is 57.5 Å². The van der Waals surface area contributed by atoms with E-state index in [9.17, 15) is 18.0 Å². The van der Waals surface area contributed by atoms with Crippen molar-refractivity contribution in [3.63, 3.8) is 0 Å². The summed E-state index contributed by atoms with van der Waals surface area (Å²) in [5.41, 5.74) is -0.139. The first-order valence-corrected chi connectivity index (χ1v) is 6.34. The number of alkyl halides is 3. The second-order valence-corrected chi connectivity index (χ2v) is 4.53. The van der Waals surface area contributed by atoms with Crippen LogP contribution in [-0.4, -0.2) is 9.78 Å². The Balaban J connectivity index is 2.60. The van der Waals surface area contributed by atoms with Crippen LogP contribution in [0, 0.1) is 6.92 Å². The minimum Gasteiger partial charge on any atom is -0.288 e. The van der Waals surface area contributed by atoms with Crippen molar-refractivity contribution < 1.29 is 13.2 Å². The molecule has 20 heavy (non-hydrogen) atoms. The van der Waals surface area contributed by atoms with Crippen LogP contribution in [0.3, 0.4) is 0 Å². The maximum atomic E-state index is 12.7. The maximum absolute atomic E-state index is 12.7. The summed E-state index contributed by atoms with van der Waals surface area (Å²) < 4.78 is 39.4. The number of aromatic nitrogens is 2. The minimum atomic E-state index is -4.42. The zero-order valence-corrected chi connectivity index (χ0v) is 11.4. The van der Waals surface area contributed by atoms with Crippen LogP contribution in [0.1, 0.15) is 17.0 Å². The summed E-state index contributed by atoms with van der Waals surface area (Å²) in [5.74, 6) is 0.123. The van der Waals surface area contributed by atoms with Gasteiger partial charge in [-0.1, -0.05) is 6.07 Å². The van der Waals surface area contributed by atoms with Gasteiger partial charge in [-0.05, 0) is 25.1 Å². The van der Waals surface area contributed by atoms with Crippen molar-refractivity contribution in [2.45, 2.75) is 18.9 Å². The van der Waals surface area contributed by atoms with Crippen molar-refractivity contribution in [1.29, 1.82) is 0 Å². The van der Waals surface area contributed by atoms with Gasteiger partial charge in [0.2, 0.25) is 5.43 Å². The molecule has 2 aromatic rings. The second kappa shape index (κ2) is 5.32. The maximum Gasteiger partial charge on any atom is 0.416 e. The number of nitrogens with zero attached hydrogens (tertiary/aromatic N) is 2. The molecule has 0 saturated heterocycles. The molecule has 7 heteroatoms. The molecule has 0 N–H and O–H groups in total. The van der Waals surface area contributed by atoms with Crippen LogP contribution in [0.4, 0.5) is 13.2 Å². The summed E-state index contributed by atoms with van der Waals surface area (Å²) in [4.78, 5) is 11.6. The van der Waals surface area contributed by atoms with Crippen LogP contribution in [0.25, 0.3) is 5.69 Å². The van der Waals surface area contributed by atoms with Crippen molar-refractivity contribution in [2.24, 2.45) is 0 Å². The van der Waals surface area contributed by atoms with Gasteiger partial charge in [0, 0.05) is 17.5 Å². The van der Waals surface area contributed by atoms with E-state index in [4.69, 9.17) is 0 Å². The monoisotopic (exact) mass is 300 g/mol. The third-order valence-electron chi connectivity index (χ3n) is 2.75. The van der Waals surface area contributed by atoms with Gasteiger partial charge in [-0.3, -0.25) is 4.79 Å². The number of halogens is 3. The van der Waals surface area contributed by atoms with Gasteiger partial charge in [0.05, 0.1) is 11.3 Å². The molecule has 106 valence electrons. The smallest absolute Gasteiger partial charge is 0.288 e. The lowest BCUT2D eigenvalue weighted by Gasteiger charge is -2.13. The Hall–Kier alpha value is -1.76. The zero-order valence-electron chi connectivity index (χ0n) is 10.5. The molecule has 0 atom stereocenters. The molecule has 3 nitrogen and oxygen atoms in total. The first kappa shape index (κ1) is 14.6. The van der Waals surface area contributed by atoms with Gasteiger partial charge < -0.3 is 0 Å². The summed E-state index contributed by atoms with van der Waals surface area (Å²) in [6, 6.07) is 6.12. The number of aryl methyl sites for hydroxylation is 1. The molecule has 0 fully saturated rings. The lowest BCUT2D eigenvalue weighted by atomic mass is 10.2. The van der Waals surface area contributed by atoms with E-state index in [1.54, 1.807) is 6.92 Å². The molecule has 1 aromatic heterocycles. The third kappa shape index (κ3) is 2.87. The van der Waals surface area contributed by atoms with E-state index in [0.717, 1.165) is 12.1 Å². The average molecular weight is 300 g/mol. The number of benzene rings is 1. The Morgan fingerprint density at radius 3 is 2.60 bits per heavy atom. The molecule has 0 spiro atoms. The molecule has 1 aromatic carbocycles. The highest BCUT2D eigenvalue weighted by Gasteiger charge is 2.30. The first-order valence-electron chi connectivity index (χ1n) is 5.71. The Kier molecular flexibility index (Phi) is 3.89. The largest absolute Gasteiger partial charge is 0.416 e. The minimum absolute atomic E-state index is 0.123.